The van der Waals surface area contributed by atoms with Crippen molar-refractivity contribution in [3.8, 4) is 22.3 Å². The second-order valence-electron chi connectivity index (χ2n) is 11.8. The lowest BCUT2D eigenvalue weighted by molar-refractivity contribution is 0.381. The standard InChI is InChI=1S/C34H18F10N4/c1-34(2)11-14-9-12-3-5-15(45-12)20(22-24(35)28(39)32(43)29(40)25(22)36)17-7-8-18(48-17)21(16-6-4-13(46-16)10-19(34)47-14)23-26(37)30(41)33(44)31(42)27(23)38/h3-10,45-46H,11H2,1-2H3. The summed E-state index contributed by atoms with van der Waals surface area (Å²) in [5.41, 5.74) is -4.16. The number of benzene rings is 2. The molecule has 5 aromatic rings. The van der Waals surface area contributed by atoms with E-state index < -0.39 is 97.2 Å². The number of aromatic amines is 2. The highest BCUT2D eigenvalue weighted by Crippen LogP contribution is 2.40. The first kappa shape index (κ1) is 31.2. The highest BCUT2D eigenvalue weighted by Gasteiger charge is 2.32. The van der Waals surface area contributed by atoms with Gasteiger partial charge >= 0.3 is 0 Å². The minimum Gasteiger partial charge on any atom is -0.355 e. The molecule has 0 saturated carbocycles. The van der Waals surface area contributed by atoms with E-state index in [-0.39, 0.29) is 11.0 Å². The number of hydrogen-bond acceptors (Lipinski definition) is 2. The lowest BCUT2D eigenvalue weighted by atomic mass is 9.87. The summed E-state index contributed by atoms with van der Waals surface area (Å²) in [5.74, 6) is -22.6. The van der Waals surface area contributed by atoms with Crippen LogP contribution in [0.25, 0.3) is 56.5 Å². The Hall–Kier alpha value is -5.40. The third-order valence-electron chi connectivity index (χ3n) is 8.22. The lowest BCUT2D eigenvalue weighted by Gasteiger charge is -2.15. The number of nitrogens with one attached hydrogen (secondary N) is 2. The maximum Gasteiger partial charge on any atom is 0.200 e. The number of fused-ring (bicyclic) bond motifs is 8. The molecule has 14 heteroatoms. The van der Waals surface area contributed by atoms with Gasteiger partial charge in [0.05, 0.1) is 22.5 Å². The summed E-state index contributed by atoms with van der Waals surface area (Å²) < 4.78 is 148. The summed E-state index contributed by atoms with van der Waals surface area (Å²) in [6, 6.07) is 8.78. The van der Waals surface area contributed by atoms with Crippen molar-refractivity contribution in [1.29, 1.82) is 0 Å². The lowest BCUT2D eigenvalue weighted by Crippen LogP contribution is -2.14. The molecule has 2 aliphatic heterocycles. The van der Waals surface area contributed by atoms with Crippen LogP contribution in [0.1, 0.15) is 36.6 Å². The van der Waals surface area contributed by atoms with Crippen molar-refractivity contribution < 1.29 is 43.9 Å². The summed E-state index contributed by atoms with van der Waals surface area (Å²) in [7, 11) is 0. The van der Waals surface area contributed by atoms with E-state index in [2.05, 4.69) is 19.9 Å². The van der Waals surface area contributed by atoms with Crippen molar-refractivity contribution in [2.24, 2.45) is 0 Å². The molecule has 0 radical (unpaired) electrons. The fourth-order valence-electron chi connectivity index (χ4n) is 5.90. The third-order valence-corrected chi connectivity index (χ3v) is 8.22. The van der Waals surface area contributed by atoms with Gasteiger partial charge < -0.3 is 9.97 Å². The number of aromatic nitrogens is 4. The average molecular weight is 673 g/mol. The highest BCUT2D eigenvalue weighted by atomic mass is 19.2. The molecule has 48 heavy (non-hydrogen) atoms. The van der Waals surface area contributed by atoms with Gasteiger partial charge in [-0.3, -0.25) is 4.98 Å². The van der Waals surface area contributed by atoms with E-state index in [1.54, 1.807) is 12.1 Å². The SMILES string of the molecule is CC1(C)Cc2cc3ccc([nH]3)c(-c3c(F)c(F)c(F)c(F)c3F)c3nc(c(-c4c(F)c(F)c(F)c(F)c4F)c4ccc(cc1n2)[nH]4)C=C3. The Morgan fingerprint density at radius 2 is 0.896 bits per heavy atom. The van der Waals surface area contributed by atoms with Gasteiger partial charge in [-0.15, -0.1) is 0 Å². The highest BCUT2D eigenvalue weighted by molar-refractivity contribution is 5.95. The van der Waals surface area contributed by atoms with Gasteiger partial charge in [-0.1, -0.05) is 13.8 Å². The Kier molecular flexibility index (Phi) is 7.04. The molecule has 2 N–H and O–H groups in total. The normalized spacial score (nSPS) is 13.8. The molecule has 0 aliphatic carbocycles. The fourth-order valence-corrected chi connectivity index (χ4v) is 5.90. The first-order chi connectivity index (χ1) is 22.7. The molecular formula is C34H18F10N4. The van der Waals surface area contributed by atoms with Crippen molar-refractivity contribution in [2.45, 2.75) is 25.7 Å². The van der Waals surface area contributed by atoms with Crippen LogP contribution in [0, 0.1) is 58.2 Å². The van der Waals surface area contributed by atoms with Crippen LogP contribution in [0.15, 0.2) is 36.4 Å². The van der Waals surface area contributed by atoms with Crippen LogP contribution >= 0.6 is 0 Å². The Bertz CT molecular complexity index is 2370. The molecule has 2 aromatic carbocycles. The van der Waals surface area contributed by atoms with Crippen LogP contribution in [-0.4, -0.2) is 19.9 Å². The molecule has 5 heterocycles. The van der Waals surface area contributed by atoms with Crippen LogP contribution < -0.4 is 0 Å². The van der Waals surface area contributed by atoms with E-state index in [9.17, 15) is 26.3 Å². The first-order valence-electron chi connectivity index (χ1n) is 14.1. The minimum atomic E-state index is -2.41. The van der Waals surface area contributed by atoms with E-state index in [0.29, 0.717) is 28.8 Å². The quantitative estimate of drug-likeness (QED) is 0.109. The van der Waals surface area contributed by atoms with Crippen LogP contribution in [0.4, 0.5) is 43.9 Å². The first-order valence-corrected chi connectivity index (χ1v) is 14.1. The van der Waals surface area contributed by atoms with Crippen molar-refractivity contribution in [3.63, 3.8) is 0 Å². The van der Waals surface area contributed by atoms with Crippen LogP contribution in [-0.2, 0) is 11.8 Å². The molecule has 0 unspecified atom stereocenters. The second kappa shape index (κ2) is 10.8. The Labute approximate surface area is 263 Å². The average Bonchev–Trinajstić information content (AvgIpc) is 3.86. The van der Waals surface area contributed by atoms with E-state index >= 15 is 17.6 Å². The zero-order valence-corrected chi connectivity index (χ0v) is 24.5. The minimum absolute atomic E-state index is 0.185. The summed E-state index contributed by atoms with van der Waals surface area (Å²) in [4.78, 5) is 14.6. The largest absolute Gasteiger partial charge is 0.355 e. The maximum absolute atomic E-state index is 15.4. The third kappa shape index (κ3) is 4.68. The molecule has 7 rings (SSSR count). The molecular weight excluding hydrogens is 654 g/mol. The topological polar surface area (TPSA) is 57.4 Å². The Balaban J connectivity index is 1.72. The number of halogens is 10. The van der Waals surface area contributed by atoms with Gasteiger partial charge in [-0.05, 0) is 48.6 Å². The van der Waals surface area contributed by atoms with Gasteiger partial charge in [-0.25, -0.2) is 48.9 Å². The van der Waals surface area contributed by atoms with Gasteiger partial charge in [0, 0.05) is 56.4 Å². The molecule has 8 bridgehead atoms. The molecule has 0 saturated heterocycles. The summed E-state index contributed by atoms with van der Waals surface area (Å²) in [5, 5.41) is 0. The molecule has 0 spiro atoms. The zero-order chi connectivity index (χ0) is 34.4. The van der Waals surface area contributed by atoms with E-state index in [1.807, 2.05) is 13.8 Å². The second-order valence-corrected chi connectivity index (χ2v) is 11.8. The molecule has 4 nitrogen and oxygen atoms in total. The number of H-pyrrole nitrogens is 2. The summed E-state index contributed by atoms with van der Waals surface area (Å²) in [6.07, 6.45) is 2.49. The predicted molar refractivity (Wildman–Crippen MR) is 157 cm³/mol. The fraction of sp³-hybridized carbons (Fsp3) is 0.118. The predicted octanol–water partition coefficient (Wildman–Crippen LogP) is 9.73. The van der Waals surface area contributed by atoms with E-state index in [4.69, 9.17) is 0 Å². The molecule has 3 aromatic heterocycles. The summed E-state index contributed by atoms with van der Waals surface area (Å²) in [6.45, 7) is 3.77. The van der Waals surface area contributed by atoms with Gasteiger partial charge in [-0.2, -0.15) is 0 Å². The van der Waals surface area contributed by atoms with Crippen molar-refractivity contribution in [1.82, 2.24) is 19.9 Å². The van der Waals surface area contributed by atoms with E-state index in [1.165, 1.54) is 24.3 Å². The monoisotopic (exact) mass is 672 g/mol. The smallest absolute Gasteiger partial charge is 0.200 e. The summed E-state index contributed by atoms with van der Waals surface area (Å²) >= 11 is 0. The van der Waals surface area contributed by atoms with Gasteiger partial charge in [0.1, 0.15) is 0 Å². The van der Waals surface area contributed by atoms with E-state index in [0.717, 1.165) is 12.2 Å². The van der Waals surface area contributed by atoms with Crippen LogP contribution in [0.2, 0.25) is 0 Å². The molecule has 0 fully saturated rings. The molecule has 0 atom stereocenters. The zero-order valence-electron chi connectivity index (χ0n) is 24.5. The molecule has 244 valence electrons. The molecule has 0 amide bonds. The van der Waals surface area contributed by atoms with Crippen LogP contribution in [0.3, 0.4) is 0 Å². The van der Waals surface area contributed by atoms with Crippen molar-refractivity contribution in [2.75, 3.05) is 0 Å². The van der Waals surface area contributed by atoms with Crippen molar-refractivity contribution >= 4 is 34.2 Å². The maximum atomic E-state index is 15.4. The van der Waals surface area contributed by atoms with Gasteiger partial charge in [0.25, 0.3) is 0 Å². The van der Waals surface area contributed by atoms with Crippen molar-refractivity contribution in [3.05, 3.63) is 117 Å². The Morgan fingerprint density at radius 1 is 0.500 bits per heavy atom. The Morgan fingerprint density at radius 3 is 1.33 bits per heavy atom. The number of hydrogen-bond donors (Lipinski definition) is 2. The molecule has 2 aliphatic rings. The van der Waals surface area contributed by atoms with Gasteiger partial charge in [0.2, 0.25) is 11.6 Å². The van der Waals surface area contributed by atoms with Crippen LogP contribution in [0.5, 0.6) is 0 Å². The number of rotatable bonds is 2. The number of nitrogens with zero attached hydrogens (tertiary/aromatic N) is 2. The van der Waals surface area contributed by atoms with Gasteiger partial charge in [0.15, 0.2) is 46.5 Å².